The van der Waals surface area contributed by atoms with Crippen molar-refractivity contribution in [1.82, 2.24) is 4.90 Å². The number of anilines is 2. The summed E-state index contributed by atoms with van der Waals surface area (Å²) >= 11 is 0. The number of urea groups is 1. The first-order valence-corrected chi connectivity index (χ1v) is 13.6. The molecule has 1 N–H and O–H groups in total. The van der Waals surface area contributed by atoms with E-state index in [1.54, 1.807) is 0 Å². The molecule has 11 heteroatoms. The van der Waals surface area contributed by atoms with E-state index < -0.39 is 46.5 Å². The van der Waals surface area contributed by atoms with Crippen LogP contribution in [0.5, 0.6) is 0 Å². The van der Waals surface area contributed by atoms with Crippen LogP contribution in [0.1, 0.15) is 48.9 Å². The second kappa shape index (κ2) is 11.0. The summed E-state index contributed by atoms with van der Waals surface area (Å²) in [5.74, 6) is -2.76. The van der Waals surface area contributed by atoms with Gasteiger partial charge in [0, 0.05) is 25.3 Å². The van der Waals surface area contributed by atoms with E-state index in [2.05, 4.69) is 4.90 Å². The van der Waals surface area contributed by atoms with Crippen molar-refractivity contribution in [2.75, 3.05) is 22.9 Å². The van der Waals surface area contributed by atoms with Gasteiger partial charge in [0.15, 0.2) is 0 Å². The number of amides is 3. The summed E-state index contributed by atoms with van der Waals surface area (Å²) in [7, 11) is 0. The van der Waals surface area contributed by atoms with Crippen LogP contribution < -0.4 is 9.80 Å². The number of hydrogen-bond donors (Lipinski definition) is 1. The Morgan fingerprint density at radius 3 is 2.17 bits per heavy atom. The fourth-order valence-electron chi connectivity index (χ4n) is 5.45. The van der Waals surface area contributed by atoms with Crippen LogP contribution in [-0.4, -0.2) is 46.7 Å². The summed E-state index contributed by atoms with van der Waals surface area (Å²) in [5.41, 5.74) is -0.366. The Morgan fingerprint density at radius 1 is 0.881 bits per heavy atom. The maximum Gasteiger partial charge on any atom is 0.419 e. The summed E-state index contributed by atoms with van der Waals surface area (Å²) < 4.78 is 68.2. The molecule has 2 fully saturated rings. The maximum atomic E-state index is 14.4. The van der Waals surface area contributed by atoms with Gasteiger partial charge in [0.2, 0.25) is 0 Å². The van der Waals surface area contributed by atoms with E-state index in [0.717, 1.165) is 30.4 Å². The van der Waals surface area contributed by atoms with Crippen LogP contribution in [0.4, 0.5) is 38.1 Å². The Hall–Kier alpha value is -3.99. The molecule has 0 aromatic heterocycles. The molecule has 3 aromatic rings. The predicted octanol–water partition coefficient (Wildman–Crippen LogP) is 6.28. The smallest absolute Gasteiger partial charge is 0.393 e. The second-order valence-electron chi connectivity index (χ2n) is 11.2. The third-order valence-electron chi connectivity index (χ3n) is 7.99. The highest BCUT2D eigenvalue weighted by Crippen LogP contribution is 2.38. The average Bonchev–Trinajstić information content (AvgIpc) is 3.09. The number of piperidine rings is 1. The number of alkyl halides is 3. The van der Waals surface area contributed by atoms with E-state index in [0.29, 0.717) is 47.4 Å². The topological polar surface area (TPSA) is 64.1 Å². The lowest BCUT2D eigenvalue weighted by Gasteiger charge is -2.31. The largest absolute Gasteiger partial charge is 0.419 e. The number of aliphatic hydroxyl groups excluding tert-OH is 1. The number of carbonyl (C=O) groups is 2. The van der Waals surface area contributed by atoms with Crippen LogP contribution in [0.25, 0.3) is 0 Å². The molecule has 0 aliphatic carbocycles. The molecule has 0 bridgehead atoms. The first kappa shape index (κ1) is 29.5. The molecule has 0 saturated carbocycles. The van der Waals surface area contributed by atoms with Gasteiger partial charge in [-0.2, -0.15) is 13.2 Å². The fourth-order valence-corrected chi connectivity index (χ4v) is 5.45. The zero-order chi connectivity index (χ0) is 30.4. The summed E-state index contributed by atoms with van der Waals surface area (Å²) in [6, 6.07) is 13.0. The molecule has 3 aromatic carbocycles. The van der Waals surface area contributed by atoms with Crippen LogP contribution in [0, 0.1) is 11.6 Å². The van der Waals surface area contributed by atoms with Gasteiger partial charge in [0.1, 0.15) is 17.2 Å². The number of imide groups is 1. The number of aliphatic hydroxyl groups is 1. The van der Waals surface area contributed by atoms with Crippen LogP contribution in [-0.2, 0) is 23.9 Å². The Balaban J connectivity index is 1.39. The Bertz CT molecular complexity index is 1500. The SMILES string of the molecule is CC1(C)C(=O)N(c2ccc(F)c(C(F)(F)F)c2)C(=O)N1Cc1ccc(F)cc1Cc1ccc(N2CCC(O)CC2)cc1. The standard InChI is InChI=1S/C31H30F5N3O3/c1-30(2)28(41)39(24-9-10-27(33)26(17-24)31(34,35)36)29(42)38(30)18-20-5-6-22(32)16-21(20)15-19-3-7-23(8-4-19)37-13-11-25(40)12-14-37/h3-10,16-17,25,40H,11-15,18H2,1-2H3. The molecule has 0 spiro atoms. The van der Waals surface area contributed by atoms with Gasteiger partial charge in [-0.25, -0.2) is 18.5 Å². The van der Waals surface area contributed by atoms with E-state index >= 15 is 0 Å². The Labute approximate surface area is 240 Å². The van der Waals surface area contributed by atoms with Gasteiger partial charge in [0.25, 0.3) is 5.91 Å². The van der Waals surface area contributed by atoms with Crippen LogP contribution >= 0.6 is 0 Å². The highest BCUT2D eigenvalue weighted by atomic mass is 19.4. The van der Waals surface area contributed by atoms with E-state index in [1.807, 2.05) is 24.3 Å². The van der Waals surface area contributed by atoms with E-state index in [1.165, 1.54) is 36.9 Å². The van der Waals surface area contributed by atoms with Gasteiger partial charge < -0.3 is 14.9 Å². The molecule has 2 heterocycles. The zero-order valence-corrected chi connectivity index (χ0v) is 23.1. The Kier molecular flexibility index (Phi) is 7.74. The first-order valence-electron chi connectivity index (χ1n) is 13.6. The van der Waals surface area contributed by atoms with Crippen molar-refractivity contribution in [2.24, 2.45) is 0 Å². The summed E-state index contributed by atoms with van der Waals surface area (Å²) in [6.07, 6.45) is -3.57. The van der Waals surface area contributed by atoms with Gasteiger partial charge in [-0.15, -0.1) is 0 Å². The molecule has 5 rings (SSSR count). The van der Waals surface area contributed by atoms with Gasteiger partial charge in [-0.1, -0.05) is 18.2 Å². The number of benzene rings is 3. The molecule has 0 unspecified atom stereocenters. The third kappa shape index (κ3) is 5.70. The van der Waals surface area contributed by atoms with E-state index in [9.17, 15) is 36.6 Å². The van der Waals surface area contributed by atoms with E-state index in [4.69, 9.17) is 0 Å². The highest BCUT2D eigenvalue weighted by Gasteiger charge is 2.52. The molecule has 2 aliphatic rings. The van der Waals surface area contributed by atoms with Gasteiger partial charge in [-0.05, 0) is 92.3 Å². The second-order valence-corrected chi connectivity index (χ2v) is 11.2. The highest BCUT2D eigenvalue weighted by molar-refractivity contribution is 6.23. The summed E-state index contributed by atoms with van der Waals surface area (Å²) in [5, 5.41) is 9.76. The molecule has 6 nitrogen and oxygen atoms in total. The van der Waals surface area contributed by atoms with Gasteiger partial charge in [-0.3, -0.25) is 4.79 Å². The van der Waals surface area contributed by atoms with Crippen molar-refractivity contribution in [3.63, 3.8) is 0 Å². The molecule has 3 amide bonds. The molecular formula is C31H30F5N3O3. The molecule has 2 aliphatic heterocycles. The lowest BCUT2D eigenvalue weighted by Crippen LogP contribution is -2.43. The van der Waals surface area contributed by atoms with Gasteiger partial charge in [0.05, 0.1) is 17.4 Å². The number of rotatable bonds is 6. The van der Waals surface area contributed by atoms with Crippen LogP contribution in [0.3, 0.4) is 0 Å². The lowest BCUT2D eigenvalue weighted by atomic mass is 9.97. The zero-order valence-electron chi connectivity index (χ0n) is 23.1. The first-order chi connectivity index (χ1) is 19.8. The molecular weight excluding hydrogens is 557 g/mol. The average molecular weight is 588 g/mol. The molecule has 2 saturated heterocycles. The summed E-state index contributed by atoms with van der Waals surface area (Å²) in [4.78, 5) is 30.8. The minimum absolute atomic E-state index is 0.106. The quantitative estimate of drug-likeness (QED) is 0.272. The molecule has 0 radical (unpaired) electrons. The van der Waals surface area contributed by atoms with E-state index in [-0.39, 0.29) is 12.6 Å². The molecule has 0 atom stereocenters. The normalized spacial score (nSPS) is 17.9. The number of hydrogen-bond acceptors (Lipinski definition) is 4. The lowest BCUT2D eigenvalue weighted by molar-refractivity contribution is -0.140. The maximum absolute atomic E-state index is 14.4. The number of halogens is 5. The summed E-state index contributed by atoms with van der Waals surface area (Å²) in [6.45, 7) is 4.34. The number of nitrogens with zero attached hydrogens (tertiary/aromatic N) is 3. The minimum atomic E-state index is -5.02. The van der Waals surface area contributed by atoms with Crippen molar-refractivity contribution in [2.45, 2.75) is 57.5 Å². The van der Waals surface area contributed by atoms with Gasteiger partial charge >= 0.3 is 12.2 Å². The van der Waals surface area contributed by atoms with Crippen molar-refractivity contribution in [3.05, 3.63) is 94.6 Å². The van der Waals surface area contributed by atoms with Crippen molar-refractivity contribution in [1.29, 1.82) is 0 Å². The Morgan fingerprint density at radius 2 is 1.52 bits per heavy atom. The minimum Gasteiger partial charge on any atom is -0.393 e. The van der Waals surface area contributed by atoms with Crippen LogP contribution in [0.15, 0.2) is 60.7 Å². The van der Waals surface area contributed by atoms with Crippen LogP contribution in [0.2, 0.25) is 0 Å². The number of carbonyl (C=O) groups excluding carboxylic acids is 2. The van der Waals surface area contributed by atoms with Crippen molar-refractivity contribution in [3.8, 4) is 0 Å². The third-order valence-corrected chi connectivity index (χ3v) is 7.99. The molecule has 222 valence electrons. The van der Waals surface area contributed by atoms with Crippen molar-refractivity contribution >= 4 is 23.3 Å². The molecule has 42 heavy (non-hydrogen) atoms. The van der Waals surface area contributed by atoms with Crippen molar-refractivity contribution < 1.29 is 36.6 Å². The fraction of sp³-hybridized carbons (Fsp3) is 0.355. The predicted molar refractivity (Wildman–Crippen MR) is 147 cm³/mol. The monoisotopic (exact) mass is 587 g/mol.